The number of hydrogen-bond donors (Lipinski definition) is 0. The van der Waals surface area contributed by atoms with Crippen molar-refractivity contribution in [3.63, 3.8) is 0 Å². The van der Waals surface area contributed by atoms with Crippen molar-refractivity contribution in [3.8, 4) is 22.9 Å². The van der Waals surface area contributed by atoms with Crippen LogP contribution in [0.15, 0.2) is 48.8 Å². The van der Waals surface area contributed by atoms with Crippen LogP contribution in [0.25, 0.3) is 11.1 Å². The van der Waals surface area contributed by atoms with Crippen LogP contribution in [0.2, 0.25) is 5.02 Å². The summed E-state index contributed by atoms with van der Waals surface area (Å²) in [6.07, 6.45) is 5.44. The van der Waals surface area contributed by atoms with Crippen molar-refractivity contribution in [2.24, 2.45) is 0 Å². The van der Waals surface area contributed by atoms with Gasteiger partial charge in [0.05, 0.1) is 29.4 Å². The van der Waals surface area contributed by atoms with Crippen LogP contribution in [-0.4, -0.2) is 61.2 Å². The molecular weight excluding hydrogens is 545 g/mol. The van der Waals surface area contributed by atoms with Crippen LogP contribution in [-0.2, 0) is 15.4 Å². The number of ether oxygens (including phenoxy) is 1. The van der Waals surface area contributed by atoms with E-state index < -0.39 is 15.4 Å². The van der Waals surface area contributed by atoms with Gasteiger partial charge in [-0.25, -0.2) is 18.4 Å². The summed E-state index contributed by atoms with van der Waals surface area (Å²) < 4.78 is 30.9. The number of anilines is 1. The Morgan fingerprint density at radius 2 is 1.76 bits per heavy atom. The Labute approximate surface area is 233 Å². The second kappa shape index (κ2) is 11.5. The van der Waals surface area contributed by atoms with Gasteiger partial charge in [-0.05, 0) is 35.2 Å². The Hall–Kier alpha value is -2.90. The van der Waals surface area contributed by atoms with E-state index in [1.165, 1.54) is 10.6 Å². The molecule has 2 heterocycles. The fourth-order valence-electron chi connectivity index (χ4n) is 4.41. The van der Waals surface area contributed by atoms with Crippen molar-refractivity contribution in [1.29, 1.82) is 5.26 Å². The van der Waals surface area contributed by atoms with Crippen LogP contribution >= 0.6 is 23.2 Å². The molecule has 0 atom stereocenters. The van der Waals surface area contributed by atoms with E-state index in [0.717, 1.165) is 28.7 Å². The molecule has 0 spiro atoms. The maximum absolute atomic E-state index is 11.9. The van der Waals surface area contributed by atoms with Gasteiger partial charge in [-0.15, -0.1) is 11.6 Å². The predicted molar refractivity (Wildman–Crippen MR) is 150 cm³/mol. The lowest BCUT2D eigenvalue weighted by molar-refractivity contribution is 0.341. The van der Waals surface area contributed by atoms with E-state index in [4.69, 9.17) is 27.9 Å². The van der Waals surface area contributed by atoms with Crippen LogP contribution in [0.4, 0.5) is 5.95 Å². The highest BCUT2D eigenvalue weighted by Gasteiger charge is 2.27. The molecule has 200 valence electrons. The molecule has 8 nitrogen and oxygen atoms in total. The van der Waals surface area contributed by atoms with Gasteiger partial charge in [0.15, 0.2) is 5.75 Å². The molecule has 1 fully saturated rings. The number of halogens is 2. The molecule has 0 unspecified atom stereocenters. The number of nitriles is 1. The van der Waals surface area contributed by atoms with Crippen LogP contribution in [0.5, 0.6) is 5.75 Å². The molecule has 0 radical (unpaired) electrons. The van der Waals surface area contributed by atoms with E-state index in [0.29, 0.717) is 41.3 Å². The minimum Gasteiger partial charge on any atom is -0.489 e. The van der Waals surface area contributed by atoms with Gasteiger partial charge < -0.3 is 9.64 Å². The quantitative estimate of drug-likeness (QED) is 0.348. The van der Waals surface area contributed by atoms with Gasteiger partial charge >= 0.3 is 0 Å². The third kappa shape index (κ3) is 6.05. The van der Waals surface area contributed by atoms with Gasteiger partial charge in [0, 0.05) is 36.5 Å². The molecule has 0 aliphatic carbocycles. The van der Waals surface area contributed by atoms with Gasteiger partial charge in [-0.1, -0.05) is 49.7 Å². The van der Waals surface area contributed by atoms with E-state index in [2.05, 4.69) is 29.9 Å². The van der Waals surface area contributed by atoms with E-state index in [9.17, 15) is 13.7 Å². The van der Waals surface area contributed by atoms with Crippen LogP contribution in [0.1, 0.15) is 37.0 Å². The van der Waals surface area contributed by atoms with Crippen molar-refractivity contribution in [2.75, 3.05) is 43.4 Å². The average Bonchev–Trinajstić information content (AvgIpc) is 2.91. The zero-order valence-corrected chi connectivity index (χ0v) is 23.8. The molecule has 1 aliphatic rings. The first-order chi connectivity index (χ1) is 18.0. The first-order valence-corrected chi connectivity index (χ1v) is 14.9. The van der Waals surface area contributed by atoms with Crippen molar-refractivity contribution >= 4 is 39.2 Å². The average molecular weight is 575 g/mol. The molecule has 1 saturated heterocycles. The molecular formula is C27H29Cl2N5O3S. The van der Waals surface area contributed by atoms with Gasteiger partial charge in [0.2, 0.25) is 16.0 Å². The highest BCUT2D eigenvalue weighted by Crippen LogP contribution is 2.38. The summed E-state index contributed by atoms with van der Waals surface area (Å²) in [4.78, 5) is 10.9. The normalized spacial score (nSPS) is 14.8. The summed E-state index contributed by atoms with van der Waals surface area (Å²) in [5.74, 6) is 1.15. The number of nitrogens with zero attached hydrogens (tertiary/aromatic N) is 5. The van der Waals surface area contributed by atoms with Crippen molar-refractivity contribution in [1.82, 2.24) is 14.3 Å². The first kappa shape index (κ1) is 28.1. The number of alkyl halides is 1. The lowest BCUT2D eigenvalue weighted by Gasteiger charge is -2.33. The predicted octanol–water partition coefficient (Wildman–Crippen LogP) is 5.04. The van der Waals surface area contributed by atoms with Gasteiger partial charge in [-0.3, -0.25) is 0 Å². The maximum atomic E-state index is 11.9. The van der Waals surface area contributed by atoms with Crippen molar-refractivity contribution < 1.29 is 13.2 Å². The molecule has 2 aromatic carbocycles. The Morgan fingerprint density at radius 3 is 2.37 bits per heavy atom. The fraction of sp³-hybridized carbons (Fsp3) is 0.370. The molecule has 0 bridgehead atoms. The topological polar surface area (TPSA) is 99.4 Å². The maximum Gasteiger partial charge on any atom is 0.226 e. The first-order valence-electron chi connectivity index (χ1n) is 12.1. The largest absolute Gasteiger partial charge is 0.489 e. The molecule has 0 amide bonds. The zero-order valence-electron chi connectivity index (χ0n) is 21.5. The zero-order chi connectivity index (χ0) is 27.5. The van der Waals surface area contributed by atoms with Crippen molar-refractivity contribution in [3.05, 3.63) is 70.5 Å². The Morgan fingerprint density at radius 1 is 1.08 bits per heavy atom. The number of hydrogen-bond acceptors (Lipinski definition) is 7. The number of aromatic nitrogens is 2. The second-order valence-corrected chi connectivity index (χ2v) is 12.4. The molecule has 0 N–H and O–H groups in total. The standard InChI is InChI=1S/C27H29Cl2N5O3S/c1-27(2,23-13-20(15-30)25(24(29)14-23)37-12-9-28)22-7-5-19(6-8-22)21-16-31-26(32-17-21)33-10-4-11-34(18-33)38(3,35)36/h5-8,13-14,16-17H,4,9-12,18H2,1-3H3. The molecule has 4 rings (SSSR count). The lowest BCUT2D eigenvalue weighted by atomic mass is 9.77. The van der Waals surface area contributed by atoms with Crippen LogP contribution < -0.4 is 9.64 Å². The Balaban J connectivity index is 1.53. The second-order valence-electron chi connectivity index (χ2n) is 9.65. The van der Waals surface area contributed by atoms with E-state index >= 15 is 0 Å². The van der Waals surface area contributed by atoms with Crippen LogP contribution in [0.3, 0.4) is 0 Å². The highest BCUT2D eigenvalue weighted by molar-refractivity contribution is 7.88. The summed E-state index contributed by atoms with van der Waals surface area (Å²) in [5, 5.41) is 10.0. The summed E-state index contributed by atoms with van der Waals surface area (Å²) in [6, 6.07) is 13.9. The summed E-state index contributed by atoms with van der Waals surface area (Å²) in [6.45, 7) is 5.87. The minimum atomic E-state index is -3.26. The lowest BCUT2D eigenvalue weighted by Crippen LogP contribution is -2.47. The van der Waals surface area contributed by atoms with E-state index in [1.807, 2.05) is 35.2 Å². The number of benzene rings is 2. The fourth-order valence-corrected chi connectivity index (χ4v) is 5.57. The summed E-state index contributed by atoms with van der Waals surface area (Å²) >= 11 is 12.2. The van der Waals surface area contributed by atoms with Crippen LogP contribution in [0, 0.1) is 11.3 Å². The third-order valence-electron chi connectivity index (χ3n) is 6.70. The number of rotatable bonds is 8. The number of sulfonamides is 1. The Kier molecular flexibility index (Phi) is 8.48. The Bertz CT molecular complexity index is 1440. The van der Waals surface area contributed by atoms with E-state index in [1.54, 1.807) is 18.5 Å². The third-order valence-corrected chi connectivity index (χ3v) is 8.37. The van der Waals surface area contributed by atoms with Gasteiger partial charge in [-0.2, -0.15) is 9.57 Å². The van der Waals surface area contributed by atoms with Gasteiger partial charge in [0.1, 0.15) is 12.7 Å². The molecule has 1 aliphatic heterocycles. The smallest absolute Gasteiger partial charge is 0.226 e. The van der Waals surface area contributed by atoms with Crippen molar-refractivity contribution in [2.45, 2.75) is 25.7 Å². The monoisotopic (exact) mass is 573 g/mol. The van der Waals surface area contributed by atoms with E-state index in [-0.39, 0.29) is 13.3 Å². The molecule has 0 saturated carbocycles. The van der Waals surface area contributed by atoms with Gasteiger partial charge in [0.25, 0.3) is 0 Å². The minimum absolute atomic E-state index is 0.249. The highest BCUT2D eigenvalue weighted by atomic mass is 35.5. The molecule has 11 heteroatoms. The summed E-state index contributed by atoms with van der Waals surface area (Å²) in [7, 11) is -3.26. The molecule has 38 heavy (non-hydrogen) atoms. The molecule has 3 aromatic rings. The molecule has 1 aromatic heterocycles. The SMILES string of the molecule is CC(C)(c1ccc(-c2cnc(N3CCCN(S(C)(=O)=O)C3)nc2)cc1)c1cc(Cl)c(OCCCl)c(C#N)c1. The summed E-state index contributed by atoms with van der Waals surface area (Å²) in [5.41, 5.74) is 3.68.